The van der Waals surface area contributed by atoms with Crippen molar-refractivity contribution < 1.29 is 23.1 Å². The van der Waals surface area contributed by atoms with E-state index in [1.807, 2.05) is 24.3 Å². The van der Waals surface area contributed by atoms with Gasteiger partial charge < -0.3 is 15.0 Å². The van der Waals surface area contributed by atoms with Crippen LogP contribution in [0.2, 0.25) is 0 Å². The van der Waals surface area contributed by atoms with E-state index in [9.17, 15) is 18.4 Å². The molecule has 1 aliphatic rings. The van der Waals surface area contributed by atoms with Gasteiger partial charge in [0.1, 0.15) is 12.4 Å². The van der Waals surface area contributed by atoms with Crippen molar-refractivity contribution in [3.8, 4) is 11.4 Å². The number of alkyl halides is 2. The SMILES string of the molecule is C=CC(=O)N1CCOc2ccc(-n3c(NC(=O)c4ccc(C(F)F)s4)nc4cc(CN[C@@H](C)C(C)(C)C)ccc43)cc21. The Morgan fingerprint density at radius 1 is 1.17 bits per heavy atom. The molecule has 2 amide bonds. The van der Waals surface area contributed by atoms with Crippen LogP contribution in [0.15, 0.2) is 61.2 Å². The zero-order chi connectivity index (χ0) is 30.2. The van der Waals surface area contributed by atoms with Gasteiger partial charge in [0, 0.05) is 12.6 Å². The topological polar surface area (TPSA) is 88.5 Å². The van der Waals surface area contributed by atoms with Crippen LogP contribution in [0.3, 0.4) is 0 Å². The molecule has 0 saturated heterocycles. The normalized spacial score (nSPS) is 14.0. The molecule has 0 saturated carbocycles. The van der Waals surface area contributed by atoms with Crippen molar-refractivity contribution in [2.75, 3.05) is 23.4 Å². The van der Waals surface area contributed by atoms with E-state index in [1.54, 1.807) is 21.6 Å². The maximum absolute atomic E-state index is 13.2. The summed E-state index contributed by atoms with van der Waals surface area (Å²) in [6.45, 7) is 13.6. The van der Waals surface area contributed by atoms with Crippen LogP contribution in [0.4, 0.5) is 20.4 Å². The van der Waals surface area contributed by atoms with Crippen molar-refractivity contribution in [1.29, 1.82) is 0 Å². The molecular formula is C31H33F2N5O3S. The fourth-order valence-electron chi connectivity index (χ4n) is 4.60. The van der Waals surface area contributed by atoms with E-state index in [-0.39, 0.29) is 33.1 Å². The Morgan fingerprint density at radius 3 is 2.64 bits per heavy atom. The molecule has 4 aromatic rings. The molecule has 1 aliphatic heterocycles. The van der Waals surface area contributed by atoms with Crippen LogP contribution >= 0.6 is 11.3 Å². The van der Waals surface area contributed by atoms with Crippen LogP contribution < -0.4 is 20.3 Å². The molecule has 0 unspecified atom stereocenters. The number of ether oxygens (including phenoxy) is 1. The molecular weight excluding hydrogens is 560 g/mol. The van der Waals surface area contributed by atoms with Crippen molar-refractivity contribution in [1.82, 2.24) is 14.9 Å². The third kappa shape index (κ3) is 5.93. The highest BCUT2D eigenvalue weighted by molar-refractivity contribution is 7.14. The molecule has 0 spiro atoms. The lowest BCUT2D eigenvalue weighted by molar-refractivity contribution is -0.114. The number of benzene rings is 2. The Labute approximate surface area is 247 Å². The van der Waals surface area contributed by atoms with Gasteiger partial charge >= 0.3 is 0 Å². The predicted octanol–water partition coefficient (Wildman–Crippen LogP) is 6.71. The van der Waals surface area contributed by atoms with E-state index in [1.165, 1.54) is 18.2 Å². The second-order valence-corrected chi connectivity index (χ2v) is 12.3. The fourth-order valence-corrected chi connectivity index (χ4v) is 5.36. The van der Waals surface area contributed by atoms with Crippen molar-refractivity contribution in [3.63, 3.8) is 0 Å². The van der Waals surface area contributed by atoms with Crippen LogP contribution in [0, 0.1) is 5.41 Å². The standard InChI is InChI=1S/C31H33F2N5O3S/c1-6-27(39)37-13-14-41-24-10-8-20(16-23(24)37)38-22-9-7-19(17-34-18(2)31(3,4)5)15-21(22)35-30(38)36-29(40)26-12-11-25(42-26)28(32)33/h6-12,15-16,18,28,34H,1,13-14,17H2,2-5H3,(H,35,36,40)/t18-/m0/s1. The molecule has 1 atom stereocenters. The summed E-state index contributed by atoms with van der Waals surface area (Å²) in [6, 6.07) is 14.2. The first-order chi connectivity index (χ1) is 20.0. The van der Waals surface area contributed by atoms with Gasteiger partial charge in [-0.15, -0.1) is 11.3 Å². The van der Waals surface area contributed by atoms with E-state index in [2.05, 4.69) is 44.9 Å². The van der Waals surface area contributed by atoms with Crippen molar-refractivity contribution >= 4 is 45.8 Å². The summed E-state index contributed by atoms with van der Waals surface area (Å²) in [5, 5.41) is 6.37. The summed E-state index contributed by atoms with van der Waals surface area (Å²) in [5.41, 5.74) is 3.66. The smallest absolute Gasteiger partial charge is 0.272 e. The Bertz CT molecular complexity index is 1660. The zero-order valence-corrected chi connectivity index (χ0v) is 24.7. The van der Waals surface area contributed by atoms with Crippen LogP contribution in [-0.4, -0.2) is 40.6 Å². The number of halogens is 2. The van der Waals surface area contributed by atoms with E-state index >= 15 is 0 Å². The Morgan fingerprint density at radius 2 is 1.95 bits per heavy atom. The number of hydrogen-bond donors (Lipinski definition) is 2. The largest absolute Gasteiger partial charge is 0.490 e. The van der Waals surface area contributed by atoms with E-state index < -0.39 is 12.3 Å². The number of anilines is 2. The molecule has 220 valence electrons. The first-order valence-corrected chi connectivity index (χ1v) is 14.4. The van der Waals surface area contributed by atoms with Crippen molar-refractivity contribution in [3.05, 3.63) is 76.5 Å². The van der Waals surface area contributed by atoms with Gasteiger partial charge in [0.05, 0.1) is 38.7 Å². The van der Waals surface area contributed by atoms with Gasteiger partial charge in [-0.05, 0) is 66.4 Å². The lowest BCUT2D eigenvalue weighted by Gasteiger charge is -2.29. The minimum absolute atomic E-state index is 0.0894. The van der Waals surface area contributed by atoms with Crippen molar-refractivity contribution in [2.45, 2.75) is 46.7 Å². The van der Waals surface area contributed by atoms with E-state index in [0.717, 1.165) is 22.4 Å². The number of nitrogens with one attached hydrogen (secondary N) is 2. The van der Waals surface area contributed by atoms with Crippen LogP contribution in [0.1, 0.15) is 54.2 Å². The first-order valence-electron chi connectivity index (χ1n) is 13.6. The number of imidazole rings is 1. The molecule has 2 N–H and O–H groups in total. The number of thiophene rings is 1. The summed E-state index contributed by atoms with van der Waals surface area (Å²) in [7, 11) is 0. The van der Waals surface area contributed by atoms with Gasteiger partial charge in [-0.25, -0.2) is 13.8 Å². The molecule has 0 bridgehead atoms. The first kappa shape index (κ1) is 29.4. The third-order valence-corrected chi connectivity index (χ3v) is 8.52. The lowest BCUT2D eigenvalue weighted by Crippen LogP contribution is -2.37. The van der Waals surface area contributed by atoms with Gasteiger partial charge in [-0.3, -0.25) is 19.5 Å². The van der Waals surface area contributed by atoms with E-state index in [4.69, 9.17) is 9.72 Å². The number of amides is 2. The zero-order valence-electron chi connectivity index (χ0n) is 23.9. The quantitative estimate of drug-likeness (QED) is 0.222. The fraction of sp³-hybridized carbons (Fsp3) is 0.323. The number of carbonyl (C=O) groups excluding carboxylic acids is 2. The predicted molar refractivity (Wildman–Crippen MR) is 162 cm³/mol. The Kier molecular flexibility index (Phi) is 8.16. The Hall–Kier alpha value is -4.09. The molecule has 2 aromatic carbocycles. The highest BCUT2D eigenvalue weighted by Crippen LogP contribution is 2.36. The summed E-state index contributed by atoms with van der Waals surface area (Å²) in [4.78, 5) is 32.1. The molecule has 11 heteroatoms. The molecule has 8 nitrogen and oxygen atoms in total. The second kappa shape index (κ2) is 11.7. The van der Waals surface area contributed by atoms with Crippen molar-refractivity contribution in [2.24, 2.45) is 5.41 Å². The number of nitrogens with zero attached hydrogens (tertiary/aromatic N) is 3. The molecule has 42 heavy (non-hydrogen) atoms. The van der Waals surface area contributed by atoms with E-state index in [0.29, 0.717) is 42.3 Å². The van der Waals surface area contributed by atoms with Crippen LogP contribution in [0.25, 0.3) is 16.7 Å². The van der Waals surface area contributed by atoms with Gasteiger partial charge in [0.25, 0.3) is 18.2 Å². The summed E-state index contributed by atoms with van der Waals surface area (Å²) >= 11 is 0.738. The van der Waals surface area contributed by atoms with Gasteiger partial charge in [-0.1, -0.05) is 33.4 Å². The average molecular weight is 594 g/mol. The number of hydrogen-bond acceptors (Lipinski definition) is 6. The lowest BCUT2D eigenvalue weighted by atomic mass is 9.88. The Balaban J connectivity index is 1.57. The molecule has 2 aromatic heterocycles. The highest BCUT2D eigenvalue weighted by atomic mass is 32.1. The maximum atomic E-state index is 13.2. The monoisotopic (exact) mass is 593 g/mol. The summed E-state index contributed by atoms with van der Waals surface area (Å²) < 4.78 is 33.9. The summed E-state index contributed by atoms with van der Waals surface area (Å²) in [5.74, 6) is -0.0351. The number of aromatic nitrogens is 2. The highest BCUT2D eigenvalue weighted by Gasteiger charge is 2.25. The average Bonchev–Trinajstić information content (AvgIpc) is 3.59. The maximum Gasteiger partial charge on any atom is 0.272 e. The molecule has 3 heterocycles. The molecule has 0 fully saturated rings. The van der Waals surface area contributed by atoms with Gasteiger partial charge in [0.15, 0.2) is 0 Å². The van der Waals surface area contributed by atoms with Crippen LogP contribution in [-0.2, 0) is 11.3 Å². The number of fused-ring (bicyclic) bond motifs is 2. The summed E-state index contributed by atoms with van der Waals surface area (Å²) in [6.07, 6.45) is -1.40. The second-order valence-electron chi connectivity index (χ2n) is 11.2. The number of carbonyl (C=O) groups is 2. The van der Waals surface area contributed by atoms with Gasteiger partial charge in [0.2, 0.25) is 5.95 Å². The molecule has 0 aliphatic carbocycles. The third-order valence-electron chi connectivity index (χ3n) is 7.43. The minimum Gasteiger partial charge on any atom is -0.490 e. The van der Waals surface area contributed by atoms with Gasteiger partial charge in [-0.2, -0.15) is 0 Å². The molecule has 0 radical (unpaired) electrons. The van der Waals surface area contributed by atoms with Crippen LogP contribution in [0.5, 0.6) is 5.75 Å². The number of rotatable bonds is 8. The minimum atomic E-state index is -2.66. The molecule has 5 rings (SSSR count).